The van der Waals surface area contributed by atoms with Crippen molar-refractivity contribution in [3.05, 3.63) is 99.5 Å². The van der Waals surface area contributed by atoms with E-state index < -0.39 is 11.2 Å². The highest BCUT2D eigenvalue weighted by Gasteiger charge is 2.40. The summed E-state index contributed by atoms with van der Waals surface area (Å²) in [5.74, 6) is 0.655. The van der Waals surface area contributed by atoms with Crippen LogP contribution in [0.5, 0.6) is 11.5 Å². The molecule has 2 atom stereocenters. The van der Waals surface area contributed by atoms with E-state index in [-0.39, 0.29) is 30.4 Å². The lowest BCUT2D eigenvalue weighted by Crippen LogP contribution is -2.57. The Kier molecular flexibility index (Phi) is 4.91. The molecule has 1 aromatic heterocycles. The molecule has 8 heteroatoms. The lowest BCUT2D eigenvalue weighted by atomic mass is 9.93. The molecule has 1 amide bonds. The highest BCUT2D eigenvalue weighted by molar-refractivity contribution is 7.98. The van der Waals surface area contributed by atoms with Gasteiger partial charge in [-0.3, -0.25) is 19.3 Å². The predicted octanol–water partition coefficient (Wildman–Crippen LogP) is 3.64. The summed E-state index contributed by atoms with van der Waals surface area (Å²) in [6.45, 7) is 2.57. The highest BCUT2D eigenvalue weighted by atomic mass is 32.2. The van der Waals surface area contributed by atoms with Crippen LogP contribution in [-0.2, 0) is 5.75 Å². The number of benzene rings is 2. The third kappa shape index (κ3) is 3.13. The summed E-state index contributed by atoms with van der Waals surface area (Å²) >= 11 is 1.77. The molecular formula is C26H23N3O4S. The average molecular weight is 474 g/mol. The monoisotopic (exact) mass is 473 g/mol. The molecule has 0 saturated heterocycles. The Morgan fingerprint density at radius 3 is 2.82 bits per heavy atom. The van der Waals surface area contributed by atoms with Crippen LogP contribution in [0.2, 0.25) is 0 Å². The Labute approximate surface area is 200 Å². The molecule has 0 unspecified atom stereocenters. The topological polar surface area (TPSA) is 75.0 Å². The van der Waals surface area contributed by atoms with Gasteiger partial charge < -0.3 is 14.7 Å². The number of carbonyl (C=O) groups excluding carboxylic acids is 1. The fourth-order valence-electron chi connectivity index (χ4n) is 4.98. The number of hydrogen-bond acceptors (Lipinski definition) is 6. The van der Waals surface area contributed by atoms with Gasteiger partial charge in [-0.2, -0.15) is 0 Å². The Morgan fingerprint density at radius 1 is 1.09 bits per heavy atom. The molecule has 0 fully saturated rings. The van der Waals surface area contributed by atoms with Crippen molar-refractivity contribution in [2.75, 3.05) is 18.3 Å². The van der Waals surface area contributed by atoms with Gasteiger partial charge in [-0.25, -0.2) is 0 Å². The van der Waals surface area contributed by atoms with Gasteiger partial charge >= 0.3 is 0 Å². The molecule has 34 heavy (non-hydrogen) atoms. The van der Waals surface area contributed by atoms with Gasteiger partial charge in [0.25, 0.3) is 5.91 Å². The van der Waals surface area contributed by atoms with Gasteiger partial charge in [-0.15, -0.1) is 11.8 Å². The Bertz CT molecular complexity index is 1400. The molecule has 172 valence electrons. The molecule has 0 radical (unpaired) electrons. The molecule has 4 heterocycles. The van der Waals surface area contributed by atoms with Crippen LogP contribution in [0.15, 0.2) is 76.6 Å². The lowest BCUT2D eigenvalue weighted by molar-refractivity contribution is 0.0642. The number of pyridine rings is 1. The van der Waals surface area contributed by atoms with Crippen molar-refractivity contribution in [3.63, 3.8) is 0 Å². The van der Waals surface area contributed by atoms with E-state index in [1.165, 1.54) is 6.07 Å². The van der Waals surface area contributed by atoms with E-state index in [9.17, 15) is 14.7 Å². The summed E-state index contributed by atoms with van der Waals surface area (Å²) in [6, 6.07) is 15.1. The van der Waals surface area contributed by atoms with E-state index >= 15 is 0 Å². The largest absolute Gasteiger partial charge is 0.502 e. The number of amides is 1. The normalized spacial score (nSPS) is 21.9. The molecule has 0 saturated carbocycles. The lowest BCUT2D eigenvalue weighted by Gasteiger charge is -2.45. The number of nitrogens with zero attached hydrogens (tertiary/aromatic N) is 3. The van der Waals surface area contributed by atoms with Gasteiger partial charge in [0.2, 0.25) is 5.43 Å². The minimum absolute atomic E-state index is 0.0208. The number of thioether (sulfide) groups is 1. The SMILES string of the molecule is C[C@@H]1/C=C\COc2cccc3c2[C@H](c2ccccc2SC3)N2CN1C(=O)c1c(O)c(=O)ccn12. The van der Waals surface area contributed by atoms with Crippen molar-refractivity contribution >= 4 is 17.7 Å². The van der Waals surface area contributed by atoms with Gasteiger partial charge in [0.05, 0.1) is 0 Å². The van der Waals surface area contributed by atoms with Gasteiger partial charge in [-0.1, -0.05) is 36.4 Å². The zero-order valence-electron chi connectivity index (χ0n) is 18.5. The first-order chi connectivity index (χ1) is 16.5. The second kappa shape index (κ2) is 7.99. The maximum atomic E-state index is 13.5. The molecule has 2 aromatic carbocycles. The predicted molar refractivity (Wildman–Crippen MR) is 130 cm³/mol. The number of carbonyl (C=O) groups is 1. The first-order valence-electron chi connectivity index (χ1n) is 11.2. The van der Waals surface area contributed by atoms with Crippen LogP contribution in [-0.4, -0.2) is 39.9 Å². The summed E-state index contributed by atoms with van der Waals surface area (Å²) < 4.78 is 7.90. The van der Waals surface area contributed by atoms with Gasteiger partial charge in [0, 0.05) is 34.5 Å². The van der Waals surface area contributed by atoms with Crippen molar-refractivity contribution < 1.29 is 14.6 Å². The minimum Gasteiger partial charge on any atom is -0.502 e. The molecule has 3 aliphatic rings. The molecule has 3 aliphatic heterocycles. The van der Waals surface area contributed by atoms with Gasteiger partial charge in [-0.05, 0) is 36.3 Å². The fourth-order valence-corrected chi connectivity index (χ4v) is 6.06. The van der Waals surface area contributed by atoms with E-state index in [0.717, 1.165) is 33.1 Å². The first-order valence-corrected chi connectivity index (χ1v) is 12.2. The summed E-state index contributed by atoms with van der Waals surface area (Å²) in [6.07, 6.45) is 5.41. The zero-order valence-corrected chi connectivity index (χ0v) is 19.4. The molecular weight excluding hydrogens is 450 g/mol. The van der Waals surface area contributed by atoms with Gasteiger partial charge in [0.15, 0.2) is 11.4 Å². The van der Waals surface area contributed by atoms with E-state index in [1.807, 2.05) is 48.4 Å². The van der Waals surface area contributed by atoms with Crippen molar-refractivity contribution in [3.8, 4) is 11.5 Å². The number of aromatic hydroxyl groups is 1. The molecule has 6 rings (SSSR count). The number of ether oxygens (including phenoxy) is 1. The summed E-state index contributed by atoms with van der Waals surface area (Å²) in [5, 5.41) is 12.8. The van der Waals surface area contributed by atoms with E-state index in [2.05, 4.69) is 18.2 Å². The number of fused-ring (bicyclic) bond motifs is 7. The molecule has 1 N–H and O–H groups in total. The van der Waals surface area contributed by atoms with Crippen molar-refractivity contribution in [1.82, 2.24) is 9.58 Å². The Morgan fingerprint density at radius 2 is 1.94 bits per heavy atom. The summed E-state index contributed by atoms with van der Waals surface area (Å²) in [7, 11) is 0. The second-order valence-electron chi connectivity index (χ2n) is 8.62. The molecule has 2 bridgehead atoms. The molecule has 0 spiro atoms. The second-order valence-corrected chi connectivity index (χ2v) is 9.63. The summed E-state index contributed by atoms with van der Waals surface area (Å²) in [5.41, 5.74) is 2.67. The van der Waals surface area contributed by atoms with Crippen LogP contribution >= 0.6 is 11.8 Å². The maximum Gasteiger partial charge on any atom is 0.278 e. The van der Waals surface area contributed by atoms with E-state index in [1.54, 1.807) is 27.5 Å². The molecule has 3 aromatic rings. The first kappa shape index (κ1) is 20.9. The number of rotatable bonds is 0. The van der Waals surface area contributed by atoms with Crippen molar-refractivity contribution in [2.45, 2.75) is 29.7 Å². The van der Waals surface area contributed by atoms with Crippen LogP contribution < -0.4 is 15.2 Å². The average Bonchev–Trinajstić information content (AvgIpc) is 3.02. The smallest absolute Gasteiger partial charge is 0.278 e. The third-order valence-electron chi connectivity index (χ3n) is 6.66. The van der Waals surface area contributed by atoms with Crippen LogP contribution in [0, 0.1) is 0 Å². The van der Waals surface area contributed by atoms with Gasteiger partial charge in [0.1, 0.15) is 25.1 Å². The third-order valence-corrected chi connectivity index (χ3v) is 7.80. The van der Waals surface area contributed by atoms with Crippen LogP contribution in [0.1, 0.15) is 40.1 Å². The standard InChI is InChI=1S/C26H23N3O4S/c1-16-6-5-13-33-20-9-4-7-17-14-34-21-10-3-2-8-18(21)23(22(17)20)29-15-27(16)26(32)24-25(31)19(30)11-12-28(24)29/h2-12,16,23,31H,13-15H2,1H3/b6-5-/t16-,23+/m1/s1. The van der Waals surface area contributed by atoms with E-state index in [0.29, 0.717) is 6.61 Å². The van der Waals surface area contributed by atoms with Crippen LogP contribution in [0.3, 0.4) is 0 Å². The number of aromatic nitrogens is 1. The fraction of sp³-hybridized carbons (Fsp3) is 0.231. The molecule has 7 nitrogen and oxygen atoms in total. The van der Waals surface area contributed by atoms with Crippen LogP contribution in [0.25, 0.3) is 0 Å². The maximum absolute atomic E-state index is 13.5. The van der Waals surface area contributed by atoms with E-state index in [4.69, 9.17) is 4.74 Å². The van der Waals surface area contributed by atoms with Crippen molar-refractivity contribution in [2.24, 2.45) is 0 Å². The number of hydrogen-bond donors (Lipinski definition) is 1. The molecule has 0 aliphatic carbocycles. The summed E-state index contributed by atoms with van der Waals surface area (Å²) in [4.78, 5) is 28.7. The highest BCUT2D eigenvalue weighted by Crippen LogP contribution is 2.46. The Balaban J connectivity index is 1.69. The zero-order chi connectivity index (χ0) is 23.4. The van der Waals surface area contributed by atoms with Crippen LogP contribution in [0.4, 0.5) is 0 Å². The quantitative estimate of drug-likeness (QED) is 0.503. The van der Waals surface area contributed by atoms with Crippen molar-refractivity contribution in [1.29, 1.82) is 0 Å². The Hall–Kier alpha value is -3.65. The minimum atomic E-state index is -0.574.